The molecule has 2 aromatic rings. The normalized spacial score (nSPS) is 19.8. The number of fused-ring (bicyclic) bond motifs is 1. The fraction of sp³-hybridized carbons (Fsp3) is 0.444. The van der Waals surface area contributed by atoms with E-state index in [9.17, 15) is 14.4 Å². The fourth-order valence-electron chi connectivity index (χ4n) is 3.24. The Bertz CT molecular complexity index is 787. The number of hydrogen-bond acceptors (Lipinski definition) is 6. The maximum atomic E-state index is 12.5. The van der Waals surface area contributed by atoms with Gasteiger partial charge in [0.2, 0.25) is 5.91 Å². The van der Waals surface area contributed by atoms with Crippen molar-refractivity contribution in [2.45, 2.75) is 31.6 Å². The molecule has 1 aromatic heterocycles. The van der Waals surface area contributed by atoms with Crippen molar-refractivity contribution in [1.82, 2.24) is 10.3 Å². The number of aromatic nitrogens is 1. The molecule has 0 radical (unpaired) electrons. The van der Waals surface area contributed by atoms with E-state index in [0.29, 0.717) is 0 Å². The zero-order valence-corrected chi connectivity index (χ0v) is 15.1. The van der Waals surface area contributed by atoms with Crippen LogP contribution in [0.5, 0.6) is 0 Å². The molecule has 26 heavy (non-hydrogen) atoms. The van der Waals surface area contributed by atoms with Crippen LogP contribution in [0.1, 0.15) is 36.6 Å². The second-order valence-electron chi connectivity index (χ2n) is 6.37. The lowest BCUT2D eigenvalue weighted by atomic mass is 9.79. The molecule has 1 aliphatic carbocycles. The fourth-order valence-corrected chi connectivity index (χ4v) is 4.41. The van der Waals surface area contributed by atoms with Crippen LogP contribution in [-0.4, -0.2) is 35.9 Å². The molecule has 7 nitrogen and oxygen atoms in total. The van der Waals surface area contributed by atoms with E-state index in [1.807, 2.05) is 24.3 Å². The zero-order chi connectivity index (χ0) is 18.5. The molecule has 3 rings (SSSR count). The number of nitrogens with zero attached hydrogens (tertiary/aromatic N) is 1. The first-order valence-electron chi connectivity index (χ1n) is 8.61. The van der Waals surface area contributed by atoms with Crippen LogP contribution >= 0.6 is 11.3 Å². The van der Waals surface area contributed by atoms with E-state index in [2.05, 4.69) is 5.32 Å². The number of carbonyl (C=O) groups is 3. The molecule has 0 bridgehead atoms. The lowest BCUT2D eigenvalue weighted by Gasteiger charge is -2.28. The van der Waals surface area contributed by atoms with Crippen molar-refractivity contribution < 1.29 is 19.1 Å². The quantitative estimate of drug-likeness (QED) is 0.747. The molecule has 2 atom stereocenters. The highest BCUT2D eigenvalue weighted by molar-refractivity contribution is 7.18. The molecule has 8 heteroatoms. The van der Waals surface area contributed by atoms with E-state index in [4.69, 9.17) is 15.5 Å². The Morgan fingerprint density at radius 2 is 2.00 bits per heavy atom. The highest BCUT2D eigenvalue weighted by atomic mass is 32.1. The number of ether oxygens (including phenoxy) is 1. The molecule has 1 fully saturated rings. The smallest absolute Gasteiger partial charge is 0.310 e. The van der Waals surface area contributed by atoms with Gasteiger partial charge in [0, 0.05) is 5.92 Å². The Hall–Kier alpha value is -2.48. The average Bonchev–Trinajstić information content (AvgIpc) is 3.08. The maximum Gasteiger partial charge on any atom is 0.310 e. The van der Waals surface area contributed by atoms with E-state index < -0.39 is 18.4 Å². The number of thiazole rings is 1. The number of carbonyl (C=O) groups excluding carboxylic acids is 3. The van der Waals surface area contributed by atoms with Crippen LogP contribution in [-0.2, 0) is 19.1 Å². The van der Waals surface area contributed by atoms with Gasteiger partial charge < -0.3 is 15.8 Å². The van der Waals surface area contributed by atoms with Crippen LogP contribution in [0.15, 0.2) is 24.3 Å². The number of benzene rings is 1. The van der Waals surface area contributed by atoms with Crippen LogP contribution < -0.4 is 11.1 Å². The molecule has 2 amide bonds. The summed E-state index contributed by atoms with van der Waals surface area (Å²) in [6, 6.07) is 7.91. The number of nitrogens with one attached hydrogen (secondary N) is 1. The Balaban J connectivity index is 1.65. The van der Waals surface area contributed by atoms with Gasteiger partial charge in [0.1, 0.15) is 0 Å². The number of rotatable bonds is 6. The molecule has 1 aromatic carbocycles. The van der Waals surface area contributed by atoms with Crippen molar-refractivity contribution in [3.63, 3.8) is 0 Å². The second-order valence-corrected chi connectivity index (χ2v) is 7.43. The minimum absolute atomic E-state index is 0.0160. The first kappa shape index (κ1) is 18.3. The van der Waals surface area contributed by atoms with Crippen molar-refractivity contribution >= 4 is 39.3 Å². The Labute approximate surface area is 154 Å². The predicted molar refractivity (Wildman–Crippen MR) is 97.5 cm³/mol. The van der Waals surface area contributed by atoms with E-state index in [-0.39, 0.29) is 24.3 Å². The summed E-state index contributed by atoms with van der Waals surface area (Å²) >= 11 is 1.61. The van der Waals surface area contributed by atoms with Crippen LogP contribution in [0.2, 0.25) is 0 Å². The highest BCUT2D eigenvalue weighted by Crippen LogP contribution is 2.41. The Morgan fingerprint density at radius 3 is 2.77 bits per heavy atom. The molecule has 0 aliphatic heterocycles. The third-order valence-electron chi connectivity index (χ3n) is 4.50. The number of para-hydroxylation sites is 1. The largest absolute Gasteiger partial charge is 0.455 e. The molecule has 1 saturated carbocycles. The SMILES string of the molecule is NC(=O)CNC(=O)COC(=O)[C@H]1CCCC[C@H]1c1nc2ccccc2s1. The Kier molecular flexibility index (Phi) is 5.82. The third-order valence-corrected chi connectivity index (χ3v) is 5.67. The maximum absolute atomic E-state index is 12.5. The van der Waals surface area contributed by atoms with Crippen LogP contribution in [0.25, 0.3) is 10.2 Å². The van der Waals surface area contributed by atoms with Crippen molar-refractivity contribution in [3.05, 3.63) is 29.3 Å². The van der Waals surface area contributed by atoms with Crippen LogP contribution in [0.4, 0.5) is 0 Å². The van der Waals surface area contributed by atoms with Gasteiger partial charge in [-0.2, -0.15) is 0 Å². The molecule has 1 heterocycles. The minimum atomic E-state index is -0.646. The summed E-state index contributed by atoms with van der Waals surface area (Å²) in [5, 5.41) is 3.25. The molecular weight excluding hydrogens is 354 g/mol. The average molecular weight is 375 g/mol. The first-order chi connectivity index (χ1) is 12.5. The number of esters is 1. The molecular formula is C18H21N3O4S. The van der Waals surface area contributed by atoms with Crippen molar-refractivity contribution in [2.24, 2.45) is 11.7 Å². The van der Waals surface area contributed by atoms with Gasteiger partial charge in [0.05, 0.1) is 27.7 Å². The lowest BCUT2D eigenvalue weighted by molar-refractivity contribution is -0.154. The minimum Gasteiger partial charge on any atom is -0.455 e. The molecule has 0 saturated heterocycles. The summed E-state index contributed by atoms with van der Waals surface area (Å²) in [5.41, 5.74) is 5.90. The van der Waals surface area contributed by atoms with Crippen molar-refractivity contribution in [3.8, 4) is 0 Å². The number of primary amides is 1. The summed E-state index contributed by atoms with van der Waals surface area (Å²) in [7, 11) is 0. The van der Waals surface area contributed by atoms with E-state index in [1.165, 1.54) is 0 Å². The summed E-state index contributed by atoms with van der Waals surface area (Å²) in [4.78, 5) is 39.5. The van der Waals surface area contributed by atoms with Gasteiger partial charge in [0.15, 0.2) is 6.61 Å². The van der Waals surface area contributed by atoms with Gasteiger partial charge in [-0.05, 0) is 25.0 Å². The third kappa shape index (κ3) is 4.37. The van der Waals surface area contributed by atoms with Gasteiger partial charge in [-0.15, -0.1) is 11.3 Å². The number of amides is 2. The van der Waals surface area contributed by atoms with Crippen LogP contribution in [0.3, 0.4) is 0 Å². The van der Waals surface area contributed by atoms with Gasteiger partial charge in [-0.1, -0.05) is 25.0 Å². The summed E-state index contributed by atoms with van der Waals surface area (Å²) in [6.07, 6.45) is 3.61. The predicted octanol–water partition coefficient (Wildman–Crippen LogP) is 1.71. The lowest BCUT2D eigenvalue weighted by Crippen LogP contribution is -2.37. The molecule has 138 valence electrons. The van der Waals surface area contributed by atoms with E-state index in [0.717, 1.165) is 40.9 Å². The van der Waals surface area contributed by atoms with Gasteiger partial charge >= 0.3 is 5.97 Å². The van der Waals surface area contributed by atoms with Crippen molar-refractivity contribution in [1.29, 1.82) is 0 Å². The van der Waals surface area contributed by atoms with Crippen LogP contribution in [0, 0.1) is 5.92 Å². The van der Waals surface area contributed by atoms with Gasteiger partial charge in [-0.25, -0.2) is 4.98 Å². The zero-order valence-electron chi connectivity index (χ0n) is 14.3. The van der Waals surface area contributed by atoms with Gasteiger partial charge in [0.25, 0.3) is 5.91 Å². The topological polar surface area (TPSA) is 111 Å². The molecule has 3 N–H and O–H groups in total. The molecule has 0 unspecified atom stereocenters. The summed E-state index contributed by atoms with van der Waals surface area (Å²) < 4.78 is 6.28. The summed E-state index contributed by atoms with van der Waals surface area (Å²) in [6.45, 7) is -0.677. The molecule has 1 aliphatic rings. The van der Waals surface area contributed by atoms with Gasteiger partial charge in [-0.3, -0.25) is 14.4 Å². The van der Waals surface area contributed by atoms with E-state index >= 15 is 0 Å². The second kappa shape index (κ2) is 8.27. The van der Waals surface area contributed by atoms with Crippen molar-refractivity contribution in [2.75, 3.05) is 13.2 Å². The summed E-state index contributed by atoms with van der Waals surface area (Å²) in [5.74, 6) is -1.85. The number of hydrogen-bond donors (Lipinski definition) is 2. The number of nitrogens with two attached hydrogens (primary N) is 1. The Morgan fingerprint density at radius 1 is 1.23 bits per heavy atom. The van der Waals surface area contributed by atoms with E-state index in [1.54, 1.807) is 11.3 Å². The standard InChI is InChI=1S/C18H21N3O4S/c19-15(22)9-20-16(23)10-25-18(24)12-6-2-1-5-11(12)17-21-13-7-3-4-8-14(13)26-17/h3-4,7-8,11-12H,1-2,5-6,9-10H2,(H2,19,22)(H,20,23)/t11-,12+/m1/s1. The first-order valence-corrected chi connectivity index (χ1v) is 9.43. The molecule has 0 spiro atoms. The monoisotopic (exact) mass is 375 g/mol. The highest BCUT2D eigenvalue weighted by Gasteiger charge is 2.35.